The zero-order valence-corrected chi connectivity index (χ0v) is 86.0. The van der Waals surface area contributed by atoms with Crippen LogP contribution in [0.3, 0.4) is 0 Å². The van der Waals surface area contributed by atoms with Crippen molar-refractivity contribution in [1.82, 2.24) is 0 Å². The number of thiol groups is 4. The molecule has 0 amide bonds. The minimum absolute atomic E-state index is 0.513. The SMILES string of the molecule is SCCCCOc1c2cc(Sc3ccccc3Sc3cccc(N4CCCCC4)c3)cc1Cc1cc(Sc3ccccc3Sc3cccc(N4CCCCC4)c3)cc(c1OCCCCS)Cc1cc(Sc3ccccc3Sc3cccc(N4CCCCC4)c3)cc(c1OCCCCS)Cc1cc(Sc3ccccc3Sc3cccc(N4CCCCC4)c3)cc(c1OCCCCS)C2. The molecule has 0 aromatic heterocycles. The summed E-state index contributed by atoms with van der Waals surface area (Å²) < 4.78 is 30.7. The lowest BCUT2D eigenvalue weighted by molar-refractivity contribution is 0.297. The second kappa shape index (κ2) is 50.5. The van der Waals surface area contributed by atoms with Crippen molar-refractivity contribution >= 4 is 167 Å². The molecule has 20 heteroatoms. The highest BCUT2D eigenvalue weighted by atomic mass is 32.2. The number of unbranched alkanes of at least 4 members (excludes halogenated alkanes) is 4. The molecule has 4 aliphatic heterocycles. The smallest absolute Gasteiger partial charge is 0.126 e. The van der Waals surface area contributed by atoms with E-state index in [1.807, 2.05) is 94.1 Å². The van der Waals surface area contributed by atoms with Crippen molar-refractivity contribution in [3.05, 3.63) is 287 Å². The first-order valence-corrected chi connectivity index (χ1v) is 57.0. The van der Waals surface area contributed by atoms with E-state index in [4.69, 9.17) is 69.5 Å². The lowest BCUT2D eigenvalue weighted by Crippen LogP contribution is -2.29. The van der Waals surface area contributed by atoms with Crippen molar-refractivity contribution < 1.29 is 18.9 Å². The summed E-state index contributed by atoms with van der Waals surface area (Å²) in [5.41, 5.74) is 14.0. The van der Waals surface area contributed by atoms with Gasteiger partial charge < -0.3 is 38.5 Å². The van der Waals surface area contributed by atoms with E-state index in [9.17, 15) is 0 Å². The Morgan fingerprint density at radius 3 is 0.561 bits per heavy atom. The van der Waals surface area contributed by atoms with Crippen molar-refractivity contribution in [2.24, 2.45) is 0 Å². The van der Waals surface area contributed by atoms with Crippen molar-refractivity contribution in [1.29, 1.82) is 0 Å². The molecular weight excluding hydrogens is 1850 g/mol. The van der Waals surface area contributed by atoms with Crippen molar-refractivity contribution in [3.63, 3.8) is 0 Å². The number of hydrogen-bond acceptors (Lipinski definition) is 20. The molecule has 4 heterocycles. The summed E-state index contributed by atoms with van der Waals surface area (Å²) >= 11 is 34.2. The number of nitrogens with zero attached hydrogens (tertiary/aromatic N) is 4. The van der Waals surface area contributed by atoms with Crippen molar-refractivity contribution in [3.8, 4) is 23.0 Å². The van der Waals surface area contributed by atoms with Crippen LogP contribution in [0.4, 0.5) is 22.7 Å². The minimum atomic E-state index is 0.513. The zero-order valence-electron chi connectivity index (χ0n) is 75.9. The second-order valence-corrected chi connectivity index (χ2v) is 45.6. The quantitative estimate of drug-likeness (QED) is 0.0218. The van der Waals surface area contributed by atoms with Gasteiger partial charge in [-0.2, -0.15) is 50.5 Å². The molecule has 0 spiro atoms. The van der Waals surface area contributed by atoms with Gasteiger partial charge in [0.15, 0.2) is 0 Å². The molecule has 1 aliphatic carbocycles. The van der Waals surface area contributed by atoms with Crippen LogP contribution in [0.1, 0.15) is 173 Å². The number of rotatable bonds is 40. The first-order chi connectivity index (χ1) is 65.2. The molecule has 0 saturated carbocycles. The Bertz CT molecular complexity index is 4980. The van der Waals surface area contributed by atoms with E-state index in [1.165, 1.54) is 159 Å². The summed E-state index contributed by atoms with van der Waals surface area (Å²) in [5, 5.41) is 0. The second-order valence-electron chi connectivity index (χ2n) is 34.9. The summed E-state index contributed by atoms with van der Waals surface area (Å²) in [4.78, 5) is 29.4. The van der Waals surface area contributed by atoms with Crippen LogP contribution in [0, 0.1) is 0 Å². The Labute approximate surface area is 842 Å². The Balaban J connectivity index is 0.876. The summed E-state index contributed by atoms with van der Waals surface area (Å²) in [6.45, 7) is 10.9. The van der Waals surface area contributed by atoms with Crippen LogP contribution < -0.4 is 38.5 Å². The van der Waals surface area contributed by atoms with E-state index in [1.54, 1.807) is 0 Å². The maximum absolute atomic E-state index is 7.66. The molecule has 5 aliphatic rings. The fraction of sp³-hybridized carbons (Fsp3) is 0.357. The van der Waals surface area contributed by atoms with Crippen molar-refractivity contribution in [2.75, 3.05) is 121 Å². The van der Waals surface area contributed by atoms with E-state index >= 15 is 0 Å². The first kappa shape index (κ1) is 96.9. The molecule has 0 unspecified atom stereocenters. The molecule has 12 aromatic rings. The Morgan fingerprint density at radius 1 is 0.197 bits per heavy atom. The topological polar surface area (TPSA) is 49.9 Å². The lowest BCUT2D eigenvalue weighted by Gasteiger charge is -2.29. The fourth-order valence-electron chi connectivity index (χ4n) is 18.4. The number of anilines is 4. The van der Waals surface area contributed by atoms with Gasteiger partial charge in [0.25, 0.3) is 0 Å². The molecule has 0 N–H and O–H groups in total. The summed E-state index contributed by atoms with van der Waals surface area (Å²) in [7, 11) is 0. The van der Waals surface area contributed by atoms with Crippen LogP contribution in [-0.4, -0.2) is 102 Å². The maximum atomic E-state index is 7.66. The molecule has 17 rings (SSSR count). The molecule has 12 aromatic carbocycles. The number of ether oxygens (including phenoxy) is 4. The van der Waals surface area contributed by atoms with Crippen LogP contribution in [0.25, 0.3) is 0 Å². The van der Waals surface area contributed by atoms with Gasteiger partial charge in [-0.3, -0.25) is 0 Å². The number of fused-ring (bicyclic) bond motifs is 8. The normalized spacial score (nSPS) is 14.8. The standard InChI is InChI=1S/C112H124N4O4S12/c121-61-25-21-57-117-109-81-65-83-71-98(130-106-46-10-6-42-102(106)126-94-38-30-34-90(78-94)114-51-15-2-16-52-114)73-85(110(83)118-58-22-26-62-122)67-87-75-100(132-108-48-12-8-44-104(108)128-96-40-32-36-92(80-96)116-55-19-4-20-56-116)76-88(112(87)120-60-24-28-64-124)68-86-74-99(131-107-47-11-7-43-103(107)127-95-39-31-35-91(79-95)115-53-17-3-18-54-115)72-84(111(86)119-59-23-27-63-123)66-82(109)70-97(69-81)129-105-45-9-5-41-101(105)125-93-37-29-33-89(77-93)113-49-13-1-14-50-113/h5-12,29-48,69-80,121-124H,1-4,13-28,49-68H2. The molecule has 4 saturated heterocycles. The van der Waals surface area contributed by atoms with Crippen LogP contribution in [0.15, 0.2) is 321 Å². The summed E-state index contributed by atoms with van der Waals surface area (Å²) in [6, 6.07) is 92.9. The molecular formula is C112H124N4O4S12. The Kier molecular flexibility index (Phi) is 37.1. The van der Waals surface area contributed by atoms with E-state index in [0.29, 0.717) is 52.1 Å². The highest BCUT2D eigenvalue weighted by molar-refractivity contribution is 8.03. The largest absolute Gasteiger partial charge is 0.493 e. The highest BCUT2D eigenvalue weighted by Crippen LogP contribution is 2.51. The molecule has 8 bridgehead atoms. The van der Waals surface area contributed by atoms with Crippen LogP contribution in [0.2, 0.25) is 0 Å². The van der Waals surface area contributed by atoms with Crippen LogP contribution in [0.5, 0.6) is 23.0 Å². The Morgan fingerprint density at radius 2 is 0.379 bits per heavy atom. The van der Waals surface area contributed by atoms with E-state index in [-0.39, 0.29) is 0 Å². The Hall–Kier alpha value is -6.76. The van der Waals surface area contributed by atoms with Crippen LogP contribution >= 0.6 is 145 Å². The molecule has 8 nitrogen and oxygen atoms in total. The van der Waals surface area contributed by atoms with Gasteiger partial charge >= 0.3 is 0 Å². The third-order valence-electron chi connectivity index (χ3n) is 25.0. The molecule has 4 fully saturated rings. The lowest BCUT2D eigenvalue weighted by atomic mass is 9.91. The third kappa shape index (κ3) is 27.0. The predicted molar refractivity (Wildman–Crippen MR) is 580 cm³/mol. The van der Waals surface area contributed by atoms with E-state index in [2.05, 4.69) is 262 Å². The van der Waals surface area contributed by atoms with Gasteiger partial charge in [-0.25, -0.2) is 0 Å². The third-order valence-corrected chi connectivity index (χ3v) is 35.2. The predicted octanol–water partition coefficient (Wildman–Crippen LogP) is 31.9. The first-order valence-electron chi connectivity index (χ1n) is 48.0. The van der Waals surface area contributed by atoms with Gasteiger partial charge in [0.2, 0.25) is 0 Å². The van der Waals surface area contributed by atoms with Gasteiger partial charge in [-0.05, 0) is 321 Å². The number of piperidine rings is 4. The highest BCUT2D eigenvalue weighted by Gasteiger charge is 2.29. The molecule has 0 atom stereocenters. The minimum Gasteiger partial charge on any atom is -0.493 e. The van der Waals surface area contributed by atoms with Gasteiger partial charge in [0.05, 0.1) is 26.4 Å². The number of benzene rings is 12. The van der Waals surface area contributed by atoms with E-state index in [0.717, 1.165) is 214 Å². The van der Waals surface area contributed by atoms with Gasteiger partial charge in [0, 0.05) is 224 Å². The van der Waals surface area contributed by atoms with Gasteiger partial charge in [-0.15, -0.1) is 0 Å². The fourth-order valence-corrected chi connectivity index (χ4v) is 27.7. The molecule has 688 valence electrons. The average molecular weight is 1980 g/mol. The molecule has 0 radical (unpaired) electrons. The van der Waals surface area contributed by atoms with Gasteiger partial charge in [0.1, 0.15) is 23.0 Å². The van der Waals surface area contributed by atoms with Gasteiger partial charge in [-0.1, -0.05) is 167 Å². The molecule has 132 heavy (non-hydrogen) atoms. The van der Waals surface area contributed by atoms with E-state index < -0.39 is 0 Å². The number of hydrogen-bond donors (Lipinski definition) is 4. The van der Waals surface area contributed by atoms with Crippen LogP contribution in [-0.2, 0) is 25.7 Å². The monoisotopic (exact) mass is 1970 g/mol. The summed E-state index contributed by atoms with van der Waals surface area (Å²) in [6.07, 6.45) is 24.1. The van der Waals surface area contributed by atoms with Crippen molar-refractivity contribution in [2.45, 2.75) is 232 Å². The average Bonchev–Trinajstić information content (AvgIpc) is 0.766. The maximum Gasteiger partial charge on any atom is 0.126 e. The summed E-state index contributed by atoms with van der Waals surface area (Å²) in [5.74, 6) is 6.70. The zero-order chi connectivity index (χ0) is 89.8.